The number of carbonyl (C=O) groups is 1. The van der Waals surface area contributed by atoms with Crippen LogP contribution >= 0.6 is 0 Å². The summed E-state index contributed by atoms with van der Waals surface area (Å²) in [4.78, 5) is 12.5. The van der Waals surface area contributed by atoms with Crippen LogP contribution in [-0.2, 0) is 14.9 Å². The third-order valence-electron chi connectivity index (χ3n) is 9.16. The van der Waals surface area contributed by atoms with Gasteiger partial charge in [0.05, 0.1) is 17.9 Å². The number of hydrogen-bond acceptors (Lipinski definition) is 4. The van der Waals surface area contributed by atoms with E-state index >= 15 is 0 Å². The van der Waals surface area contributed by atoms with Crippen LogP contribution < -0.4 is 5.32 Å². The van der Waals surface area contributed by atoms with E-state index in [1.165, 1.54) is 70.3 Å². The minimum Gasteiger partial charge on any atom is -0.387 e. The number of amides is 1. The second kappa shape index (κ2) is 41.6. The molecule has 0 spiro atoms. The number of unbranched alkanes of at least 4 members (excludes halogenated alkanes) is 14. The van der Waals surface area contributed by atoms with E-state index in [-0.39, 0.29) is 12.3 Å². The number of hydrogen-bond donors (Lipinski definition) is 3. The minimum absolute atomic E-state index is 0.223. The van der Waals surface area contributed by atoms with E-state index in [1.807, 2.05) is 0 Å². The number of aliphatic hydroxyl groups excluding tert-OH is 1. The van der Waals surface area contributed by atoms with Gasteiger partial charge in [0.1, 0.15) is 0 Å². The van der Waals surface area contributed by atoms with E-state index in [1.54, 1.807) is 6.08 Å². The summed E-state index contributed by atoms with van der Waals surface area (Å²) in [5.41, 5.74) is 0. The van der Waals surface area contributed by atoms with Gasteiger partial charge in [-0.2, -0.15) is 8.42 Å². The van der Waals surface area contributed by atoms with Gasteiger partial charge in [-0.3, -0.25) is 9.35 Å². The summed E-state index contributed by atoms with van der Waals surface area (Å²) in [6.45, 7) is 4.41. The molecule has 0 aliphatic carbocycles. The Bertz CT molecular complexity index is 1290. The molecule has 0 saturated carbocycles. The van der Waals surface area contributed by atoms with Crippen LogP contribution in [0.4, 0.5) is 0 Å². The normalized spacial score (nSPS) is 14.3. The SMILES string of the molecule is CC/C=C\C/C=C\C/C=C\C/C=C\C/C=C\C/C=C\CCCCC(=O)NC(CS(=O)(=O)O)C(O)/C=C/CC/C=C/CC/C=C/CCCCCCCCCCCC. The van der Waals surface area contributed by atoms with Crippen LogP contribution in [0.3, 0.4) is 0 Å². The average molecular weight is 796 g/mol. The highest BCUT2D eigenvalue weighted by Gasteiger charge is 2.24. The molecule has 0 saturated heterocycles. The van der Waals surface area contributed by atoms with Gasteiger partial charge in [0.2, 0.25) is 5.91 Å². The molecule has 0 aromatic rings. The molecule has 6 nitrogen and oxygen atoms in total. The molecule has 0 rings (SSSR count). The van der Waals surface area contributed by atoms with E-state index in [4.69, 9.17) is 0 Å². The summed E-state index contributed by atoms with van der Waals surface area (Å²) in [6.07, 6.45) is 63.6. The Balaban J connectivity index is 4.09. The number of allylic oxidation sites excluding steroid dienone is 17. The predicted octanol–water partition coefficient (Wildman–Crippen LogP) is 13.5. The summed E-state index contributed by atoms with van der Waals surface area (Å²) >= 11 is 0. The molecule has 0 aromatic heterocycles. The maximum atomic E-state index is 12.5. The largest absolute Gasteiger partial charge is 0.387 e. The summed E-state index contributed by atoms with van der Waals surface area (Å²) < 4.78 is 32.5. The third-order valence-corrected chi connectivity index (χ3v) is 9.94. The van der Waals surface area contributed by atoms with Crippen molar-refractivity contribution in [1.29, 1.82) is 0 Å². The highest BCUT2D eigenvalue weighted by molar-refractivity contribution is 7.85. The Morgan fingerprint density at radius 1 is 0.500 bits per heavy atom. The maximum absolute atomic E-state index is 12.5. The first kappa shape index (κ1) is 53.0. The molecule has 0 aliphatic rings. The Morgan fingerprint density at radius 3 is 1.34 bits per heavy atom. The molecule has 0 radical (unpaired) electrons. The molecule has 0 aromatic carbocycles. The molecule has 3 N–H and O–H groups in total. The van der Waals surface area contributed by atoms with Crippen LogP contribution in [0.1, 0.15) is 174 Å². The molecule has 318 valence electrons. The molecule has 0 fully saturated rings. The predicted molar refractivity (Wildman–Crippen MR) is 243 cm³/mol. The lowest BCUT2D eigenvalue weighted by Gasteiger charge is -2.21. The van der Waals surface area contributed by atoms with Crippen molar-refractivity contribution in [2.24, 2.45) is 0 Å². The van der Waals surface area contributed by atoms with Crippen LogP contribution in [0.2, 0.25) is 0 Å². The molecule has 1 amide bonds. The summed E-state index contributed by atoms with van der Waals surface area (Å²) in [6, 6.07) is -1.11. The van der Waals surface area contributed by atoms with Crippen molar-refractivity contribution in [2.45, 2.75) is 187 Å². The van der Waals surface area contributed by atoms with Gasteiger partial charge in [0.25, 0.3) is 10.1 Å². The molecule has 0 bridgehead atoms. The van der Waals surface area contributed by atoms with Crippen LogP contribution in [-0.4, -0.2) is 41.9 Å². The first-order valence-corrected chi connectivity index (χ1v) is 23.7. The van der Waals surface area contributed by atoms with Gasteiger partial charge in [-0.1, -0.05) is 181 Å². The first-order valence-electron chi connectivity index (χ1n) is 22.1. The lowest BCUT2D eigenvalue weighted by Crippen LogP contribution is -2.46. The maximum Gasteiger partial charge on any atom is 0.267 e. The highest BCUT2D eigenvalue weighted by atomic mass is 32.2. The number of nitrogens with one attached hydrogen (secondary N) is 1. The van der Waals surface area contributed by atoms with E-state index in [2.05, 4.69) is 116 Å². The number of rotatable bonds is 38. The summed E-state index contributed by atoms with van der Waals surface area (Å²) in [7, 11) is -4.38. The van der Waals surface area contributed by atoms with Crippen LogP contribution in [0, 0.1) is 0 Å². The zero-order valence-corrected chi connectivity index (χ0v) is 36.3. The van der Waals surface area contributed by atoms with Gasteiger partial charge in [0, 0.05) is 6.42 Å². The second-order valence-electron chi connectivity index (χ2n) is 14.6. The topological polar surface area (TPSA) is 104 Å². The van der Waals surface area contributed by atoms with Crippen LogP contribution in [0.25, 0.3) is 0 Å². The smallest absolute Gasteiger partial charge is 0.267 e. The first-order chi connectivity index (χ1) is 27.3. The van der Waals surface area contributed by atoms with Crippen molar-refractivity contribution in [3.05, 3.63) is 109 Å². The third kappa shape index (κ3) is 42.1. The highest BCUT2D eigenvalue weighted by Crippen LogP contribution is 2.12. The summed E-state index contributed by atoms with van der Waals surface area (Å²) in [5, 5.41) is 13.2. The van der Waals surface area contributed by atoms with E-state index < -0.39 is 28.0 Å². The van der Waals surface area contributed by atoms with E-state index in [9.17, 15) is 22.9 Å². The Kier molecular flexibility index (Phi) is 39.4. The fourth-order valence-corrected chi connectivity index (χ4v) is 6.63. The van der Waals surface area contributed by atoms with E-state index in [0.717, 1.165) is 77.0 Å². The molecule has 0 aliphatic heterocycles. The molecule has 2 atom stereocenters. The summed E-state index contributed by atoms with van der Waals surface area (Å²) in [5.74, 6) is -1.08. The standard InChI is InChI=1S/C49H81NO5S/c1-3-5-7-9-11-13-15-17-19-21-23-25-27-29-31-33-35-37-39-41-43-45-49(52)50-47(46-56(53,54)55)48(51)44-42-40-38-36-34-32-30-28-26-24-22-20-18-16-14-12-10-8-6-4-2/h5,7,11,13,17,19,23,25-26,28-29,31,34-37,42,44,47-48,51H,3-4,6,8-10,12,14-16,18,20-22,24,27,30,32-33,38-41,43,45-46H2,1-2H3,(H,50,52)(H,53,54,55)/b7-5-,13-11-,19-17-,25-23-,28-26+,31-29-,36-34+,37-35-,44-42+. The van der Waals surface area contributed by atoms with Crippen molar-refractivity contribution in [2.75, 3.05) is 5.75 Å². The van der Waals surface area contributed by atoms with Crippen molar-refractivity contribution in [1.82, 2.24) is 5.32 Å². The zero-order valence-electron chi connectivity index (χ0n) is 35.5. The number of carbonyl (C=O) groups excluding carboxylic acids is 1. The van der Waals surface area contributed by atoms with Crippen molar-refractivity contribution >= 4 is 16.0 Å². The quantitative estimate of drug-likeness (QED) is 0.0328. The fraction of sp³-hybridized carbons (Fsp3) is 0.612. The fourth-order valence-electron chi connectivity index (χ4n) is 5.89. The lowest BCUT2D eigenvalue weighted by molar-refractivity contribution is -0.122. The molecule has 56 heavy (non-hydrogen) atoms. The molecule has 7 heteroatoms. The van der Waals surface area contributed by atoms with Gasteiger partial charge >= 0.3 is 0 Å². The van der Waals surface area contributed by atoms with Gasteiger partial charge in [0.15, 0.2) is 0 Å². The van der Waals surface area contributed by atoms with Gasteiger partial charge < -0.3 is 10.4 Å². The average Bonchev–Trinajstić information content (AvgIpc) is 3.16. The van der Waals surface area contributed by atoms with Crippen LogP contribution in [0.5, 0.6) is 0 Å². The minimum atomic E-state index is -4.38. The van der Waals surface area contributed by atoms with Gasteiger partial charge in [-0.05, 0) is 96.3 Å². The Hall–Kier alpha value is -3.00. The van der Waals surface area contributed by atoms with Gasteiger partial charge in [-0.25, -0.2) is 0 Å². The monoisotopic (exact) mass is 796 g/mol. The molecule has 0 heterocycles. The Labute approximate surface area is 344 Å². The van der Waals surface area contributed by atoms with Crippen molar-refractivity contribution in [3.8, 4) is 0 Å². The Morgan fingerprint density at radius 2 is 0.875 bits per heavy atom. The van der Waals surface area contributed by atoms with Gasteiger partial charge in [-0.15, -0.1) is 0 Å². The van der Waals surface area contributed by atoms with Crippen molar-refractivity contribution < 1.29 is 22.9 Å². The van der Waals surface area contributed by atoms with E-state index in [0.29, 0.717) is 12.8 Å². The molecule has 2 unspecified atom stereocenters. The molecular weight excluding hydrogens is 715 g/mol. The zero-order chi connectivity index (χ0) is 41.1. The number of aliphatic hydroxyl groups is 1. The van der Waals surface area contributed by atoms with Crippen LogP contribution in [0.15, 0.2) is 109 Å². The lowest BCUT2D eigenvalue weighted by atomic mass is 10.1. The molecular formula is C49H81NO5S. The van der Waals surface area contributed by atoms with Crippen molar-refractivity contribution in [3.63, 3.8) is 0 Å². The second-order valence-corrected chi connectivity index (χ2v) is 16.1.